The fourth-order valence-corrected chi connectivity index (χ4v) is 4.18. The van der Waals surface area contributed by atoms with Crippen molar-refractivity contribution in [2.75, 3.05) is 25.0 Å². The van der Waals surface area contributed by atoms with Gasteiger partial charge in [0.1, 0.15) is 11.5 Å². The Labute approximate surface area is 204 Å². The molecule has 3 rings (SSSR count). The predicted octanol–water partition coefficient (Wildman–Crippen LogP) is 2.94. The van der Waals surface area contributed by atoms with Crippen molar-refractivity contribution in [1.82, 2.24) is 10.6 Å². The van der Waals surface area contributed by atoms with Crippen LogP contribution in [0, 0.1) is 0 Å². The SMILES string of the molecule is CCOc1ccc(NS(=O)(=O)c2cccc(C(=O)NCC(=O)NCc3ccc(OC)cc3)c2)cc1. The lowest BCUT2D eigenvalue weighted by Crippen LogP contribution is -2.36. The van der Waals surface area contributed by atoms with Crippen LogP contribution in [0.5, 0.6) is 11.5 Å². The van der Waals surface area contributed by atoms with E-state index in [2.05, 4.69) is 15.4 Å². The number of anilines is 1. The first kappa shape index (κ1) is 25.6. The normalized spacial score (nSPS) is 10.8. The second-order valence-electron chi connectivity index (χ2n) is 7.40. The first-order chi connectivity index (χ1) is 16.8. The third-order valence-electron chi connectivity index (χ3n) is 4.88. The van der Waals surface area contributed by atoms with Crippen LogP contribution in [0.25, 0.3) is 0 Å². The van der Waals surface area contributed by atoms with Crippen LogP contribution in [-0.4, -0.2) is 40.5 Å². The molecule has 0 saturated carbocycles. The molecule has 0 spiro atoms. The van der Waals surface area contributed by atoms with E-state index in [4.69, 9.17) is 9.47 Å². The minimum atomic E-state index is -3.93. The molecule has 0 radical (unpaired) electrons. The highest BCUT2D eigenvalue weighted by atomic mass is 32.2. The van der Waals surface area contributed by atoms with Crippen LogP contribution in [-0.2, 0) is 21.4 Å². The van der Waals surface area contributed by atoms with Gasteiger partial charge in [0.15, 0.2) is 0 Å². The van der Waals surface area contributed by atoms with E-state index in [0.29, 0.717) is 30.3 Å². The van der Waals surface area contributed by atoms with E-state index < -0.39 is 15.9 Å². The van der Waals surface area contributed by atoms with Gasteiger partial charge in [0.2, 0.25) is 5.91 Å². The molecule has 0 saturated heterocycles. The van der Waals surface area contributed by atoms with Crippen LogP contribution in [0.1, 0.15) is 22.8 Å². The van der Waals surface area contributed by atoms with Crippen LogP contribution >= 0.6 is 0 Å². The zero-order valence-corrected chi connectivity index (χ0v) is 20.2. The topological polar surface area (TPSA) is 123 Å². The lowest BCUT2D eigenvalue weighted by molar-refractivity contribution is -0.120. The molecule has 3 aromatic rings. The van der Waals surface area contributed by atoms with Crippen molar-refractivity contribution < 1.29 is 27.5 Å². The van der Waals surface area contributed by atoms with Gasteiger partial charge in [-0.1, -0.05) is 18.2 Å². The predicted molar refractivity (Wildman–Crippen MR) is 132 cm³/mol. The maximum absolute atomic E-state index is 12.8. The molecule has 0 unspecified atom stereocenters. The van der Waals surface area contributed by atoms with Gasteiger partial charge in [0.05, 0.1) is 25.2 Å². The number of carbonyl (C=O) groups is 2. The number of amides is 2. The summed E-state index contributed by atoms with van der Waals surface area (Å²) < 4.78 is 38.4. The maximum atomic E-state index is 12.8. The molecule has 0 aliphatic carbocycles. The number of ether oxygens (including phenoxy) is 2. The molecule has 10 heteroatoms. The lowest BCUT2D eigenvalue weighted by Gasteiger charge is -2.11. The van der Waals surface area contributed by atoms with Gasteiger partial charge in [-0.2, -0.15) is 0 Å². The Morgan fingerprint density at radius 1 is 0.886 bits per heavy atom. The summed E-state index contributed by atoms with van der Waals surface area (Å²) in [5.74, 6) is 0.395. The van der Waals surface area contributed by atoms with Crippen molar-refractivity contribution in [2.24, 2.45) is 0 Å². The molecule has 184 valence electrons. The van der Waals surface area contributed by atoms with Crippen molar-refractivity contribution in [3.8, 4) is 11.5 Å². The minimum absolute atomic E-state index is 0.0806. The molecule has 3 aromatic carbocycles. The van der Waals surface area contributed by atoms with Crippen molar-refractivity contribution in [3.63, 3.8) is 0 Å². The van der Waals surface area contributed by atoms with E-state index in [0.717, 1.165) is 5.56 Å². The number of hydrogen-bond acceptors (Lipinski definition) is 6. The molecule has 0 atom stereocenters. The molecule has 0 bridgehead atoms. The van der Waals surface area contributed by atoms with E-state index >= 15 is 0 Å². The summed E-state index contributed by atoms with van der Waals surface area (Å²) in [6, 6.07) is 19.3. The van der Waals surface area contributed by atoms with Crippen LogP contribution in [0.2, 0.25) is 0 Å². The van der Waals surface area contributed by atoms with Gasteiger partial charge in [-0.3, -0.25) is 14.3 Å². The van der Waals surface area contributed by atoms with Gasteiger partial charge in [-0.15, -0.1) is 0 Å². The largest absolute Gasteiger partial charge is 0.497 e. The van der Waals surface area contributed by atoms with E-state index in [1.54, 1.807) is 43.5 Å². The van der Waals surface area contributed by atoms with E-state index in [1.807, 2.05) is 19.1 Å². The molecule has 3 N–H and O–H groups in total. The Bertz CT molecular complexity index is 1260. The van der Waals surface area contributed by atoms with E-state index in [-0.39, 0.29) is 22.9 Å². The number of sulfonamides is 1. The third kappa shape index (κ3) is 7.47. The van der Waals surface area contributed by atoms with E-state index in [1.165, 1.54) is 24.3 Å². The molecular weight excluding hydrogens is 470 g/mol. The number of hydrogen-bond donors (Lipinski definition) is 3. The highest BCUT2D eigenvalue weighted by Gasteiger charge is 2.17. The van der Waals surface area contributed by atoms with Crippen LogP contribution in [0.4, 0.5) is 5.69 Å². The first-order valence-corrected chi connectivity index (χ1v) is 12.3. The van der Waals surface area contributed by atoms with E-state index in [9.17, 15) is 18.0 Å². The van der Waals surface area contributed by atoms with Crippen LogP contribution in [0.3, 0.4) is 0 Å². The average molecular weight is 498 g/mol. The molecule has 35 heavy (non-hydrogen) atoms. The molecular formula is C25H27N3O6S. The Hall–Kier alpha value is -4.05. The summed E-state index contributed by atoms with van der Waals surface area (Å²) in [6.07, 6.45) is 0. The monoisotopic (exact) mass is 497 g/mol. The number of methoxy groups -OCH3 is 1. The number of rotatable bonds is 11. The third-order valence-corrected chi connectivity index (χ3v) is 6.26. The molecule has 9 nitrogen and oxygen atoms in total. The first-order valence-electron chi connectivity index (χ1n) is 10.8. The van der Waals surface area contributed by atoms with Gasteiger partial charge in [0.25, 0.3) is 15.9 Å². The van der Waals surface area contributed by atoms with Crippen LogP contribution < -0.4 is 24.8 Å². The quantitative estimate of drug-likeness (QED) is 0.374. The fraction of sp³-hybridized carbons (Fsp3) is 0.200. The minimum Gasteiger partial charge on any atom is -0.497 e. The zero-order chi connectivity index (χ0) is 25.3. The van der Waals surface area contributed by atoms with Crippen LogP contribution in [0.15, 0.2) is 77.7 Å². The summed E-state index contributed by atoms with van der Waals surface area (Å²) >= 11 is 0. The summed E-state index contributed by atoms with van der Waals surface area (Å²) in [4.78, 5) is 24.5. The average Bonchev–Trinajstić information content (AvgIpc) is 2.87. The maximum Gasteiger partial charge on any atom is 0.261 e. The Kier molecular flexibility index (Phi) is 8.69. The smallest absolute Gasteiger partial charge is 0.261 e. The Morgan fingerprint density at radius 2 is 1.57 bits per heavy atom. The molecule has 0 heterocycles. The van der Waals surface area contributed by atoms with Gasteiger partial charge in [-0.25, -0.2) is 8.42 Å². The van der Waals surface area contributed by atoms with Gasteiger partial charge in [-0.05, 0) is 67.1 Å². The van der Waals surface area contributed by atoms with Crippen molar-refractivity contribution in [1.29, 1.82) is 0 Å². The second-order valence-corrected chi connectivity index (χ2v) is 9.08. The molecule has 2 amide bonds. The Morgan fingerprint density at radius 3 is 2.23 bits per heavy atom. The summed E-state index contributed by atoms with van der Waals surface area (Å²) in [5, 5.41) is 5.21. The number of nitrogens with one attached hydrogen (secondary N) is 3. The molecule has 0 aliphatic heterocycles. The van der Waals surface area contributed by atoms with Crippen molar-refractivity contribution in [3.05, 3.63) is 83.9 Å². The standard InChI is InChI=1S/C25H27N3O6S/c1-3-34-22-13-9-20(10-14-22)28-35(31,32)23-6-4-5-19(15-23)25(30)27-17-24(29)26-16-18-7-11-21(33-2)12-8-18/h4-15,28H,3,16-17H2,1-2H3,(H,26,29)(H,27,30). The molecule has 0 aromatic heterocycles. The number of benzene rings is 3. The van der Waals surface area contributed by atoms with Gasteiger partial charge in [0, 0.05) is 17.8 Å². The second kappa shape index (κ2) is 11.9. The fourth-order valence-electron chi connectivity index (χ4n) is 3.07. The van der Waals surface area contributed by atoms with Crippen molar-refractivity contribution in [2.45, 2.75) is 18.4 Å². The summed E-state index contributed by atoms with van der Waals surface area (Å²) in [7, 11) is -2.36. The number of carbonyl (C=O) groups excluding carboxylic acids is 2. The highest BCUT2D eigenvalue weighted by molar-refractivity contribution is 7.92. The van der Waals surface area contributed by atoms with Gasteiger partial charge < -0.3 is 20.1 Å². The Balaban J connectivity index is 1.55. The zero-order valence-electron chi connectivity index (χ0n) is 19.4. The summed E-state index contributed by atoms with van der Waals surface area (Å²) in [6.45, 7) is 2.40. The summed E-state index contributed by atoms with van der Waals surface area (Å²) in [5.41, 5.74) is 1.35. The molecule has 0 fully saturated rings. The lowest BCUT2D eigenvalue weighted by atomic mass is 10.2. The van der Waals surface area contributed by atoms with Crippen molar-refractivity contribution >= 4 is 27.5 Å². The van der Waals surface area contributed by atoms with Gasteiger partial charge >= 0.3 is 0 Å². The molecule has 0 aliphatic rings. The highest BCUT2D eigenvalue weighted by Crippen LogP contribution is 2.20.